The molecule has 0 aromatic rings. The molecule has 0 aliphatic carbocycles. The van der Waals surface area contributed by atoms with E-state index in [4.69, 9.17) is 19.8 Å². The quantitative estimate of drug-likeness (QED) is 0.459. The second-order valence-corrected chi connectivity index (χ2v) is 7.44. The van der Waals surface area contributed by atoms with E-state index in [2.05, 4.69) is 13.2 Å². The van der Waals surface area contributed by atoms with Gasteiger partial charge in [-0.3, -0.25) is 0 Å². The zero-order chi connectivity index (χ0) is 18.7. The molecule has 0 atom stereocenters. The largest absolute Gasteiger partial charge is 0.478 e. The maximum absolute atomic E-state index is 11.4. The molecular weight excluding hydrogens is 325 g/mol. The van der Waals surface area contributed by atoms with Gasteiger partial charge >= 0.3 is 26.7 Å². The number of aliphatic carboxylic acids is 2. The van der Waals surface area contributed by atoms with Gasteiger partial charge in [-0.05, 0) is 26.4 Å². The molecule has 10 heteroatoms. The number of hydrogen-bond donors (Lipinski definition) is 4. The third kappa shape index (κ3) is 31.0. The Morgan fingerprint density at radius 3 is 1.27 bits per heavy atom. The average molecular weight is 346 g/mol. The van der Waals surface area contributed by atoms with Gasteiger partial charge in [0.2, 0.25) is 0 Å². The third-order valence-electron chi connectivity index (χ3n) is 1.61. The topological polar surface area (TPSA) is 115 Å². The number of carboxylic acid groups (broad SMARTS) is 2. The lowest BCUT2D eigenvalue weighted by molar-refractivity contribution is -0.133. The Hall–Kier alpha value is -1.65. The van der Waals surface area contributed by atoms with E-state index in [9.17, 15) is 22.8 Å². The molecule has 0 aromatic heterocycles. The molecule has 4 N–H and O–H groups in total. The van der Waals surface area contributed by atoms with Gasteiger partial charge in [0, 0.05) is 17.6 Å². The highest BCUT2D eigenvalue weighted by molar-refractivity contribution is 6.63. The van der Waals surface area contributed by atoms with Gasteiger partial charge in [-0.1, -0.05) is 13.2 Å². The Kier molecular flexibility index (Phi) is 12.6. The van der Waals surface area contributed by atoms with Crippen molar-refractivity contribution in [2.24, 2.45) is 0 Å². The summed E-state index contributed by atoms with van der Waals surface area (Å²) in [5, 5.41) is 15.8. The van der Waals surface area contributed by atoms with Gasteiger partial charge in [0.25, 0.3) is 0 Å². The van der Waals surface area contributed by atoms with Crippen LogP contribution in [0.1, 0.15) is 20.3 Å². The molecule has 0 heterocycles. The summed E-state index contributed by atoms with van der Waals surface area (Å²) >= 11 is 0. The molecule has 0 aliphatic heterocycles. The highest BCUT2D eigenvalue weighted by Crippen LogP contribution is 2.23. The van der Waals surface area contributed by atoms with Crippen LogP contribution in [0.25, 0.3) is 0 Å². The van der Waals surface area contributed by atoms with Crippen LogP contribution in [0.4, 0.5) is 13.2 Å². The van der Waals surface area contributed by atoms with Crippen LogP contribution in [0.5, 0.6) is 0 Å². The first-order valence-corrected chi connectivity index (χ1v) is 8.39. The summed E-state index contributed by atoms with van der Waals surface area (Å²) in [5.41, 5.74) is 0.352. The van der Waals surface area contributed by atoms with Crippen molar-refractivity contribution in [1.82, 2.24) is 0 Å². The van der Waals surface area contributed by atoms with E-state index in [0.717, 1.165) is 6.55 Å². The molecule has 0 spiro atoms. The molecule has 0 bridgehead atoms. The van der Waals surface area contributed by atoms with Crippen LogP contribution in [0.15, 0.2) is 24.3 Å². The normalized spacial score (nSPS) is 10.4. The number of carbonyl (C=O) groups is 2. The zero-order valence-electron chi connectivity index (χ0n) is 12.6. The lowest BCUT2D eigenvalue weighted by Gasteiger charge is -2.12. The first-order chi connectivity index (χ1) is 9.49. The molecule has 0 aromatic carbocycles. The summed E-state index contributed by atoms with van der Waals surface area (Å²) in [5.74, 6) is -1.87. The van der Waals surface area contributed by atoms with Crippen LogP contribution in [-0.4, -0.2) is 46.5 Å². The minimum Gasteiger partial charge on any atom is -0.478 e. The molecule has 0 radical (unpaired) electrons. The number of carboxylic acids is 2. The van der Waals surface area contributed by atoms with E-state index in [-0.39, 0.29) is 11.1 Å². The van der Waals surface area contributed by atoms with Crippen molar-refractivity contribution in [1.29, 1.82) is 0 Å². The van der Waals surface area contributed by atoms with E-state index in [1.807, 2.05) is 0 Å². The number of halogens is 3. The second-order valence-electron chi connectivity index (χ2n) is 4.50. The third-order valence-corrected chi connectivity index (χ3v) is 2.81. The summed E-state index contributed by atoms with van der Waals surface area (Å²) in [6.07, 6.45) is -5.39. The van der Waals surface area contributed by atoms with Gasteiger partial charge < -0.3 is 19.8 Å². The molecule has 22 heavy (non-hydrogen) atoms. The highest BCUT2D eigenvalue weighted by Gasteiger charge is 2.32. The van der Waals surface area contributed by atoms with Crippen LogP contribution in [-0.2, 0) is 9.59 Å². The van der Waals surface area contributed by atoms with Crippen LogP contribution in [0.2, 0.25) is 12.6 Å². The number of alkyl halides is 3. The Bertz CT molecular complexity index is 337. The molecule has 6 nitrogen and oxygen atoms in total. The SMILES string of the molecule is C=C(C)C(=O)O.C=C(C)C(=O)O.C[Si](O)(O)CCC(F)(F)F. The summed E-state index contributed by atoms with van der Waals surface area (Å²) in [7, 11) is -3.49. The maximum Gasteiger partial charge on any atom is 0.389 e. The van der Waals surface area contributed by atoms with Gasteiger partial charge in [-0.25, -0.2) is 9.59 Å². The van der Waals surface area contributed by atoms with Crippen molar-refractivity contribution in [2.45, 2.75) is 39.0 Å². The molecule has 0 rings (SSSR count). The van der Waals surface area contributed by atoms with Crippen molar-refractivity contribution in [3.8, 4) is 0 Å². The minimum absolute atomic E-state index is 0.176. The molecule has 0 amide bonds. The first kappa shape index (κ1) is 25.3. The van der Waals surface area contributed by atoms with E-state index in [1.54, 1.807) is 0 Å². The smallest absolute Gasteiger partial charge is 0.389 e. The van der Waals surface area contributed by atoms with Crippen molar-refractivity contribution >= 4 is 20.5 Å². The second kappa shape index (κ2) is 11.0. The van der Waals surface area contributed by atoms with Crippen molar-refractivity contribution < 1.29 is 42.6 Å². The first-order valence-electron chi connectivity index (χ1n) is 5.78. The summed E-state index contributed by atoms with van der Waals surface area (Å²) in [6, 6.07) is -0.545. The lowest BCUT2D eigenvalue weighted by Crippen LogP contribution is -2.31. The van der Waals surface area contributed by atoms with Crippen LogP contribution < -0.4 is 0 Å². The van der Waals surface area contributed by atoms with Crippen LogP contribution >= 0.6 is 0 Å². The van der Waals surface area contributed by atoms with Crippen molar-refractivity contribution in [3.05, 3.63) is 24.3 Å². The van der Waals surface area contributed by atoms with Gasteiger partial charge in [-0.15, -0.1) is 0 Å². The van der Waals surface area contributed by atoms with Gasteiger partial charge in [-0.2, -0.15) is 13.2 Å². The van der Waals surface area contributed by atoms with Crippen molar-refractivity contribution in [2.75, 3.05) is 0 Å². The van der Waals surface area contributed by atoms with Gasteiger partial charge in [0.15, 0.2) is 0 Å². The molecule has 0 saturated carbocycles. The summed E-state index contributed by atoms with van der Waals surface area (Å²) in [6.45, 7) is 10.3. The van der Waals surface area contributed by atoms with Crippen molar-refractivity contribution in [3.63, 3.8) is 0 Å². The van der Waals surface area contributed by atoms with E-state index in [0.29, 0.717) is 0 Å². The molecule has 130 valence electrons. The minimum atomic E-state index is -4.28. The molecule has 0 fully saturated rings. The Labute approximate surface area is 127 Å². The van der Waals surface area contributed by atoms with Crippen LogP contribution in [0.3, 0.4) is 0 Å². The standard InChI is InChI=1S/C4H9F3O2Si.2C4H6O2/c1-10(8,9)3-2-4(5,6)7;2*1-3(2)4(5)6/h8-9H,2-3H2,1H3;2*1H2,2H3,(H,5,6). The van der Waals surface area contributed by atoms with E-state index in [1.165, 1.54) is 13.8 Å². The number of hydrogen-bond acceptors (Lipinski definition) is 4. The van der Waals surface area contributed by atoms with Crippen LogP contribution in [0, 0.1) is 0 Å². The molecule has 0 aliphatic rings. The predicted molar refractivity (Wildman–Crippen MR) is 76.4 cm³/mol. The average Bonchev–Trinajstić information content (AvgIpc) is 2.26. The van der Waals surface area contributed by atoms with Gasteiger partial charge in [0.1, 0.15) is 0 Å². The molecular formula is C12H21F3O6Si. The predicted octanol–water partition coefficient (Wildman–Crippen LogP) is 2.29. The zero-order valence-corrected chi connectivity index (χ0v) is 13.6. The molecule has 0 unspecified atom stereocenters. The monoisotopic (exact) mass is 346 g/mol. The van der Waals surface area contributed by atoms with Gasteiger partial charge in [0.05, 0.1) is 0 Å². The summed E-state index contributed by atoms with van der Waals surface area (Å²) in [4.78, 5) is 36.3. The number of rotatable bonds is 4. The Balaban J connectivity index is -0.000000261. The van der Waals surface area contributed by atoms with E-state index >= 15 is 0 Å². The fraction of sp³-hybridized carbons (Fsp3) is 0.500. The fourth-order valence-corrected chi connectivity index (χ4v) is 1.14. The Morgan fingerprint density at radius 1 is 1.00 bits per heavy atom. The molecule has 0 saturated heterocycles. The Morgan fingerprint density at radius 2 is 1.23 bits per heavy atom. The summed E-state index contributed by atoms with van der Waals surface area (Å²) < 4.78 is 34.2. The lowest BCUT2D eigenvalue weighted by atomic mass is 10.4. The maximum atomic E-state index is 11.4. The fourth-order valence-electron chi connectivity index (χ4n) is 0.379. The van der Waals surface area contributed by atoms with E-state index < -0.39 is 39.1 Å². The highest BCUT2D eigenvalue weighted by atomic mass is 28.4.